The molecule has 12 heteroatoms. The number of hydrogen-bond acceptors (Lipinski definition) is 7. The molecule has 0 aromatic heterocycles. The Morgan fingerprint density at radius 2 is 1.70 bits per heavy atom. The molecule has 1 saturated heterocycles. The maximum atomic E-state index is 13.1. The van der Waals surface area contributed by atoms with Gasteiger partial charge >= 0.3 is 11.9 Å². The number of unbranched alkanes of at least 4 members (excludes halogenated alkanes) is 1. The molecule has 8 N–H and O–H groups in total. The lowest BCUT2D eigenvalue weighted by Gasteiger charge is -2.28. The molecule has 1 aliphatic rings. The van der Waals surface area contributed by atoms with Gasteiger partial charge in [0, 0.05) is 0 Å². The van der Waals surface area contributed by atoms with E-state index in [1.807, 2.05) is 13.8 Å². The predicted molar refractivity (Wildman–Crippen MR) is 119 cm³/mol. The van der Waals surface area contributed by atoms with Gasteiger partial charge in [-0.25, -0.2) is 4.79 Å². The molecule has 188 valence electrons. The first-order valence-electron chi connectivity index (χ1n) is 11.4. The second-order valence-electron chi connectivity index (χ2n) is 8.36. The summed E-state index contributed by atoms with van der Waals surface area (Å²) in [5.74, 6) is -4.75. The Bertz CT molecular complexity index is 696. The van der Waals surface area contributed by atoms with E-state index in [0.717, 1.165) is 13.0 Å². The lowest BCUT2D eigenvalue weighted by atomic mass is 9.97. The van der Waals surface area contributed by atoms with Gasteiger partial charge in [0.25, 0.3) is 0 Å². The third kappa shape index (κ3) is 9.74. The summed E-state index contributed by atoms with van der Waals surface area (Å²) >= 11 is 0. The average Bonchev–Trinajstić information content (AvgIpc) is 3.30. The lowest BCUT2D eigenvalue weighted by Crippen LogP contribution is -2.58. The van der Waals surface area contributed by atoms with Gasteiger partial charge in [-0.2, -0.15) is 0 Å². The number of carbonyl (C=O) groups is 5. The summed E-state index contributed by atoms with van der Waals surface area (Å²) in [4.78, 5) is 60.6. The Balaban J connectivity index is 2.95. The van der Waals surface area contributed by atoms with E-state index in [-0.39, 0.29) is 24.3 Å². The molecular weight excluding hydrogens is 434 g/mol. The molecule has 0 aromatic rings. The second kappa shape index (κ2) is 14.4. The van der Waals surface area contributed by atoms with Crippen LogP contribution in [0.1, 0.15) is 58.8 Å². The number of carboxylic acids is 2. The number of carbonyl (C=O) groups excluding carboxylic acids is 3. The number of rotatable bonds is 15. The van der Waals surface area contributed by atoms with E-state index >= 15 is 0 Å². The van der Waals surface area contributed by atoms with E-state index in [9.17, 15) is 29.1 Å². The number of amides is 3. The average molecular weight is 472 g/mol. The Morgan fingerprint density at radius 3 is 2.21 bits per heavy atom. The van der Waals surface area contributed by atoms with Crippen LogP contribution in [0, 0.1) is 5.92 Å². The Labute approximate surface area is 193 Å². The highest BCUT2D eigenvalue weighted by atomic mass is 16.4. The Morgan fingerprint density at radius 1 is 1.03 bits per heavy atom. The molecule has 5 atom stereocenters. The number of nitrogens with two attached hydrogens (primary N) is 1. The smallest absolute Gasteiger partial charge is 0.326 e. The van der Waals surface area contributed by atoms with Gasteiger partial charge in [-0.3, -0.25) is 19.2 Å². The van der Waals surface area contributed by atoms with Crippen molar-refractivity contribution in [2.75, 3.05) is 13.1 Å². The normalized spacial score (nSPS) is 19.1. The first-order valence-corrected chi connectivity index (χ1v) is 11.4. The topological polar surface area (TPSA) is 200 Å². The van der Waals surface area contributed by atoms with Crippen LogP contribution in [0.4, 0.5) is 0 Å². The molecule has 12 nitrogen and oxygen atoms in total. The SMILES string of the molecule is CCC(C)C(NC(=O)C1CCCN1)C(=O)NC(CCCCN)C(=O)NC(CC(=O)O)C(=O)O. The highest BCUT2D eigenvalue weighted by Gasteiger charge is 2.33. The fourth-order valence-corrected chi connectivity index (χ4v) is 3.53. The minimum atomic E-state index is -1.64. The van der Waals surface area contributed by atoms with Crippen molar-refractivity contribution in [1.29, 1.82) is 0 Å². The summed E-state index contributed by atoms with van der Waals surface area (Å²) < 4.78 is 0. The van der Waals surface area contributed by atoms with Crippen molar-refractivity contribution >= 4 is 29.7 Å². The summed E-state index contributed by atoms with van der Waals surface area (Å²) in [5.41, 5.74) is 5.50. The minimum absolute atomic E-state index is 0.180. The highest BCUT2D eigenvalue weighted by Crippen LogP contribution is 2.12. The van der Waals surface area contributed by atoms with E-state index in [0.29, 0.717) is 32.2 Å². The van der Waals surface area contributed by atoms with Gasteiger partial charge < -0.3 is 37.2 Å². The molecule has 33 heavy (non-hydrogen) atoms. The van der Waals surface area contributed by atoms with Crippen LogP contribution in [-0.4, -0.2) is 77.1 Å². The standard InChI is InChI=1S/C21H37N5O7/c1-3-12(2)17(26-18(29)13-8-6-10-23-13)20(31)24-14(7-4-5-9-22)19(30)25-15(21(32)33)11-16(27)28/h12-15,17,23H,3-11,22H2,1-2H3,(H,24,31)(H,25,30)(H,26,29)(H,27,28)(H,32,33). The van der Waals surface area contributed by atoms with Gasteiger partial charge in [0.15, 0.2) is 0 Å². The third-order valence-electron chi connectivity index (χ3n) is 5.74. The van der Waals surface area contributed by atoms with Gasteiger partial charge in [0.2, 0.25) is 17.7 Å². The molecule has 0 radical (unpaired) electrons. The zero-order chi connectivity index (χ0) is 25.0. The van der Waals surface area contributed by atoms with Crippen molar-refractivity contribution in [2.24, 2.45) is 11.7 Å². The van der Waals surface area contributed by atoms with Gasteiger partial charge in [-0.1, -0.05) is 20.3 Å². The first-order chi connectivity index (χ1) is 15.6. The molecule has 1 rings (SSSR count). The van der Waals surface area contributed by atoms with Crippen molar-refractivity contribution in [2.45, 2.75) is 83.0 Å². The maximum Gasteiger partial charge on any atom is 0.326 e. The first kappa shape index (κ1) is 28.3. The van der Waals surface area contributed by atoms with E-state index in [1.165, 1.54) is 0 Å². The van der Waals surface area contributed by atoms with Crippen LogP contribution in [0.2, 0.25) is 0 Å². The maximum absolute atomic E-state index is 13.1. The zero-order valence-corrected chi connectivity index (χ0v) is 19.3. The zero-order valence-electron chi connectivity index (χ0n) is 19.3. The fraction of sp³-hybridized carbons (Fsp3) is 0.762. The molecule has 0 aliphatic carbocycles. The van der Waals surface area contributed by atoms with Crippen LogP contribution >= 0.6 is 0 Å². The van der Waals surface area contributed by atoms with Crippen LogP contribution in [0.5, 0.6) is 0 Å². The summed E-state index contributed by atoms with van der Waals surface area (Å²) in [6, 6.07) is -4.00. The third-order valence-corrected chi connectivity index (χ3v) is 5.74. The summed E-state index contributed by atoms with van der Waals surface area (Å²) in [6.07, 6.45) is 2.58. The lowest BCUT2D eigenvalue weighted by molar-refractivity contribution is -0.147. The molecule has 1 fully saturated rings. The predicted octanol–water partition coefficient (Wildman–Crippen LogP) is -1.07. The van der Waals surface area contributed by atoms with Gasteiger partial charge in [0.05, 0.1) is 12.5 Å². The van der Waals surface area contributed by atoms with Crippen LogP contribution in [-0.2, 0) is 24.0 Å². The van der Waals surface area contributed by atoms with Crippen molar-refractivity contribution in [3.05, 3.63) is 0 Å². The van der Waals surface area contributed by atoms with E-state index in [2.05, 4.69) is 21.3 Å². The van der Waals surface area contributed by atoms with Gasteiger partial charge in [-0.15, -0.1) is 0 Å². The number of nitrogens with one attached hydrogen (secondary N) is 4. The van der Waals surface area contributed by atoms with E-state index < -0.39 is 48.3 Å². The Kier molecular flexibility index (Phi) is 12.4. The highest BCUT2D eigenvalue weighted by molar-refractivity contribution is 5.94. The quantitative estimate of drug-likeness (QED) is 0.145. The van der Waals surface area contributed by atoms with Crippen molar-refractivity contribution in [1.82, 2.24) is 21.3 Å². The molecular formula is C21H37N5O7. The largest absolute Gasteiger partial charge is 0.481 e. The second-order valence-corrected chi connectivity index (χ2v) is 8.36. The number of carboxylic acid groups (broad SMARTS) is 2. The molecule has 0 spiro atoms. The van der Waals surface area contributed by atoms with Crippen LogP contribution in [0.15, 0.2) is 0 Å². The monoisotopic (exact) mass is 471 g/mol. The number of aliphatic carboxylic acids is 2. The molecule has 1 aliphatic heterocycles. The van der Waals surface area contributed by atoms with Gasteiger partial charge in [-0.05, 0) is 51.1 Å². The van der Waals surface area contributed by atoms with Gasteiger partial charge in [0.1, 0.15) is 18.1 Å². The van der Waals surface area contributed by atoms with Crippen LogP contribution in [0.3, 0.4) is 0 Å². The molecule has 0 saturated carbocycles. The minimum Gasteiger partial charge on any atom is -0.481 e. The molecule has 3 amide bonds. The molecule has 5 unspecified atom stereocenters. The van der Waals surface area contributed by atoms with Crippen LogP contribution < -0.4 is 27.0 Å². The molecule has 1 heterocycles. The van der Waals surface area contributed by atoms with Crippen molar-refractivity contribution < 1.29 is 34.2 Å². The van der Waals surface area contributed by atoms with Crippen molar-refractivity contribution in [3.63, 3.8) is 0 Å². The Hall–Kier alpha value is -2.73. The van der Waals surface area contributed by atoms with E-state index in [1.54, 1.807) is 0 Å². The molecule has 0 bridgehead atoms. The number of hydrogen-bond donors (Lipinski definition) is 7. The van der Waals surface area contributed by atoms with E-state index in [4.69, 9.17) is 10.8 Å². The molecule has 0 aromatic carbocycles. The fourth-order valence-electron chi connectivity index (χ4n) is 3.53. The summed E-state index contributed by atoms with van der Waals surface area (Å²) in [7, 11) is 0. The summed E-state index contributed by atoms with van der Waals surface area (Å²) in [6.45, 7) is 4.78. The summed E-state index contributed by atoms with van der Waals surface area (Å²) in [5, 5.41) is 28.8. The van der Waals surface area contributed by atoms with Crippen molar-refractivity contribution in [3.8, 4) is 0 Å². The van der Waals surface area contributed by atoms with Crippen LogP contribution in [0.25, 0.3) is 0 Å².